The Bertz CT molecular complexity index is 851. The Kier molecular flexibility index (Phi) is 4.55. The zero-order chi connectivity index (χ0) is 17.2. The number of amides is 1. The van der Waals surface area contributed by atoms with Crippen molar-refractivity contribution in [3.05, 3.63) is 53.2 Å². The number of hydrogen-bond acceptors (Lipinski definition) is 4. The Labute approximate surface area is 151 Å². The fraction of sp³-hybridized carbons (Fsp3) is 0.368. The van der Waals surface area contributed by atoms with Crippen LogP contribution in [0.4, 0.5) is 0 Å². The topological polar surface area (TPSA) is 50.2 Å². The van der Waals surface area contributed by atoms with E-state index in [2.05, 4.69) is 45.6 Å². The van der Waals surface area contributed by atoms with E-state index >= 15 is 0 Å². The van der Waals surface area contributed by atoms with Crippen molar-refractivity contribution in [3.63, 3.8) is 0 Å². The largest absolute Gasteiger partial charge is 0.354 e. The molecule has 3 heterocycles. The molecule has 1 aliphatic rings. The Morgan fingerprint density at radius 2 is 2.24 bits per heavy atom. The molecule has 1 fully saturated rings. The molecule has 0 radical (unpaired) electrons. The van der Waals surface area contributed by atoms with Crippen molar-refractivity contribution in [2.24, 2.45) is 0 Å². The summed E-state index contributed by atoms with van der Waals surface area (Å²) in [5.41, 5.74) is 0.490. The van der Waals surface area contributed by atoms with Crippen molar-refractivity contribution in [1.82, 2.24) is 20.0 Å². The standard InChI is InChI=1S/C19H22N4OS/c1-20-19(24)17-8-10-23(21-17)15-6-4-9-22(12-15)13-16-11-14-5-2-3-7-18(14)25-16/h2-3,5,7-8,10-11,15H,4,6,9,12-13H2,1H3,(H,20,24)/t15-/m0/s1. The number of carbonyl (C=O) groups excluding carboxylic acids is 1. The number of piperidine rings is 1. The SMILES string of the molecule is CNC(=O)c1ccn([C@H]2CCCN(Cc3cc4ccccc4s3)C2)n1. The maximum atomic E-state index is 11.7. The Hall–Kier alpha value is -2.18. The van der Waals surface area contributed by atoms with E-state index < -0.39 is 0 Å². The molecule has 0 aliphatic carbocycles. The predicted molar refractivity (Wildman–Crippen MR) is 101 cm³/mol. The van der Waals surface area contributed by atoms with Gasteiger partial charge in [0.1, 0.15) is 5.69 Å². The second kappa shape index (κ2) is 6.98. The highest BCUT2D eigenvalue weighted by atomic mass is 32.1. The van der Waals surface area contributed by atoms with E-state index in [9.17, 15) is 4.79 Å². The van der Waals surface area contributed by atoms with Crippen molar-refractivity contribution >= 4 is 27.3 Å². The second-order valence-electron chi connectivity index (χ2n) is 6.54. The number of nitrogens with one attached hydrogen (secondary N) is 1. The molecular formula is C19H22N4OS. The predicted octanol–water partition coefficient (Wildman–Crippen LogP) is 3.29. The normalized spacial score (nSPS) is 18.5. The third-order valence-corrected chi connectivity index (χ3v) is 5.88. The average Bonchev–Trinajstić information content (AvgIpc) is 3.28. The zero-order valence-electron chi connectivity index (χ0n) is 14.3. The molecule has 1 amide bonds. The van der Waals surface area contributed by atoms with Crippen LogP contribution < -0.4 is 5.32 Å². The van der Waals surface area contributed by atoms with Gasteiger partial charge in [-0.2, -0.15) is 5.10 Å². The minimum atomic E-state index is -0.128. The van der Waals surface area contributed by atoms with Gasteiger partial charge in [0.25, 0.3) is 5.91 Å². The maximum absolute atomic E-state index is 11.7. The van der Waals surface area contributed by atoms with Crippen molar-refractivity contribution in [2.45, 2.75) is 25.4 Å². The summed E-state index contributed by atoms with van der Waals surface area (Å²) in [6.45, 7) is 3.08. The van der Waals surface area contributed by atoms with Gasteiger partial charge in [-0.3, -0.25) is 14.4 Å². The molecule has 5 nitrogen and oxygen atoms in total. The summed E-state index contributed by atoms with van der Waals surface area (Å²) in [5.74, 6) is -0.128. The van der Waals surface area contributed by atoms with Crippen molar-refractivity contribution in [1.29, 1.82) is 0 Å². The van der Waals surface area contributed by atoms with E-state index in [0.29, 0.717) is 11.7 Å². The van der Waals surface area contributed by atoms with Crippen molar-refractivity contribution in [2.75, 3.05) is 20.1 Å². The lowest BCUT2D eigenvalue weighted by Gasteiger charge is -2.32. The summed E-state index contributed by atoms with van der Waals surface area (Å²) in [4.78, 5) is 15.6. The molecule has 1 N–H and O–H groups in total. The molecule has 0 unspecified atom stereocenters. The van der Waals surface area contributed by atoms with E-state index in [1.807, 2.05) is 22.2 Å². The average molecular weight is 354 g/mol. The number of fused-ring (bicyclic) bond motifs is 1. The first-order valence-electron chi connectivity index (χ1n) is 8.70. The first-order valence-corrected chi connectivity index (χ1v) is 9.51. The minimum Gasteiger partial charge on any atom is -0.354 e. The molecule has 0 saturated carbocycles. The number of hydrogen-bond donors (Lipinski definition) is 1. The third kappa shape index (κ3) is 3.45. The van der Waals surface area contributed by atoms with Crippen LogP contribution in [0.2, 0.25) is 0 Å². The first-order chi connectivity index (χ1) is 12.2. The molecule has 3 aromatic rings. The van der Waals surface area contributed by atoms with Crippen LogP contribution in [0.15, 0.2) is 42.6 Å². The molecule has 1 aliphatic heterocycles. The highest BCUT2D eigenvalue weighted by molar-refractivity contribution is 7.19. The highest BCUT2D eigenvalue weighted by Crippen LogP contribution is 2.28. The first kappa shape index (κ1) is 16.3. The van der Waals surface area contributed by atoms with Gasteiger partial charge in [0, 0.05) is 35.9 Å². The number of aromatic nitrogens is 2. The smallest absolute Gasteiger partial charge is 0.271 e. The Morgan fingerprint density at radius 1 is 1.36 bits per heavy atom. The summed E-state index contributed by atoms with van der Waals surface area (Å²) in [6.07, 6.45) is 4.20. The van der Waals surface area contributed by atoms with Gasteiger partial charge in [0.2, 0.25) is 0 Å². The molecule has 0 spiro atoms. The molecule has 25 heavy (non-hydrogen) atoms. The lowest BCUT2D eigenvalue weighted by atomic mass is 10.1. The molecule has 6 heteroatoms. The van der Waals surface area contributed by atoms with Crippen molar-refractivity contribution < 1.29 is 4.79 Å². The number of benzene rings is 1. The molecular weight excluding hydrogens is 332 g/mol. The molecule has 0 bridgehead atoms. The lowest BCUT2D eigenvalue weighted by molar-refractivity contribution is 0.0955. The van der Waals surface area contributed by atoms with Gasteiger partial charge in [0.15, 0.2) is 0 Å². The van der Waals surface area contributed by atoms with Crippen LogP contribution in [0.5, 0.6) is 0 Å². The monoisotopic (exact) mass is 354 g/mol. The Morgan fingerprint density at radius 3 is 3.08 bits per heavy atom. The molecule has 1 aromatic carbocycles. The van der Waals surface area contributed by atoms with Crippen molar-refractivity contribution in [3.8, 4) is 0 Å². The summed E-state index contributed by atoms with van der Waals surface area (Å²) in [7, 11) is 1.63. The van der Waals surface area contributed by atoms with Crippen LogP contribution in [-0.2, 0) is 6.54 Å². The summed E-state index contributed by atoms with van der Waals surface area (Å²) in [6, 6.07) is 13.0. The summed E-state index contributed by atoms with van der Waals surface area (Å²) in [5, 5.41) is 8.42. The van der Waals surface area contributed by atoms with Gasteiger partial charge in [-0.25, -0.2) is 0 Å². The second-order valence-corrected chi connectivity index (χ2v) is 7.71. The van der Waals surface area contributed by atoms with E-state index in [1.165, 1.54) is 15.0 Å². The van der Waals surface area contributed by atoms with Crippen LogP contribution in [0.1, 0.15) is 34.2 Å². The highest BCUT2D eigenvalue weighted by Gasteiger charge is 2.23. The van der Waals surface area contributed by atoms with Gasteiger partial charge in [-0.05, 0) is 43.0 Å². The van der Waals surface area contributed by atoms with Gasteiger partial charge < -0.3 is 5.32 Å². The zero-order valence-corrected chi connectivity index (χ0v) is 15.1. The van der Waals surface area contributed by atoms with Gasteiger partial charge in [-0.15, -0.1) is 11.3 Å². The number of thiophene rings is 1. The number of carbonyl (C=O) groups is 1. The summed E-state index contributed by atoms with van der Waals surface area (Å²) < 4.78 is 3.31. The maximum Gasteiger partial charge on any atom is 0.271 e. The molecule has 1 saturated heterocycles. The van der Waals surface area contributed by atoms with E-state index in [4.69, 9.17) is 0 Å². The van der Waals surface area contributed by atoms with E-state index in [-0.39, 0.29) is 5.91 Å². The molecule has 130 valence electrons. The van der Waals surface area contributed by atoms with E-state index in [0.717, 1.165) is 32.5 Å². The lowest BCUT2D eigenvalue weighted by Crippen LogP contribution is -2.36. The van der Waals surface area contributed by atoms with Gasteiger partial charge >= 0.3 is 0 Å². The molecule has 4 rings (SSSR count). The quantitative estimate of drug-likeness (QED) is 0.782. The van der Waals surface area contributed by atoms with Crippen LogP contribution in [0.25, 0.3) is 10.1 Å². The molecule has 1 atom stereocenters. The van der Waals surface area contributed by atoms with Gasteiger partial charge in [-0.1, -0.05) is 18.2 Å². The van der Waals surface area contributed by atoms with Gasteiger partial charge in [0.05, 0.1) is 6.04 Å². The molecule has 2 aromatic heterocycles. The fourth-order valence-corrected chi connectivity index (χ4v) is 4.62. The number of likely N-dealkylation sites (tertiary alicyclic amines) is 1. The van der Waals surface area contributed by atoms with E-state index in [1.54, 1.807) is 13.1 Å². The van der Waals surface area contributed by atoms with Crippen LogP contribution in [0.3, 0.4) is 0 Å². The Balaban J connectivity index is 1.45. The number of nitrogens with zero attached hydrogens (tertiary/aromatic N) is 3. The summed E-state index contributed by atoms with van der Waals surface area (Å²) >= 11 is 1.88. The third-order valence-electron chi connectivity index (χ3n) is 4.78. The number of rotatable bonds is 4. The van der Waals surface area contributed by atoms with Crippen LogP contribution >= 0.6 is 11.3 Å². The minimum absolute atomic E-state index is 0.128. The van der Waals surface area contributed by atoms with Crippen LogP contribution in [-0.4, -0.2) is 40.7 Å². The van der Waals surface area contributed by atoms with Crippen LogP contribution in [0, 0.1) is 0 Å². The fourth-order valence-electron chi connectivity index (χ4n) is 3.52.